The lowest BCUT2D eigenvalue weighted by atomic mass is 10.5. The molecule has 0 amide bonds. The maximum Gasteiger partial charge on any atom is 0.329 e. The first-order valence-corrected chi connectivity index (χ1v) is 8.03. The summed E-state index contributed by atoms with van der Waals surface area (Å²) in [7, 11) is 0. The van der Waals surface area contributed by atoms with Gasteiger partial charge in [-0.2, -0.15) is 0 Å². The number of carboxylic acid groups (broad SMARTS) is 2. The molecule has 0 rings (SSSR count). The number of hydrogen-bond donors (Lipinski definition) is 2. The molecule has 0 spiro atoms. The van der Waals surface area contributed by atoms with Crippen molar-refractivity contribution < 1.29 is 48.2 Å². The summed E-state index contributed by atoms with van der Waals surface area (Å²) in [5.41, 5.74) is 0. The monoisotopic (exact) mass is 368 g/mol. The van der Waals surface area contributed by atoms with Gasteiger partial charge in [-0.3, -0.25) is 4.79 Å². The van der Waals surface area contributed by atoms with Crippen molar-refractivity contribution in [2.24, 2.45) is 0 Å². The Balaban J connectivity index is 3.00. The van der Waals surface area contributed by atoms with E-state index >= 15 is 0 Å². The van der Waals surface area contributed by atoms with E-state index in [4.69, 9.17) is 38.6 Å². The first-order valence-electron chi connectivity index (χ1n) is 8.03. The molecule has 0 aliphatic carbocycles. The molecule has 10 nitrogen and oxygen atoms in total. The lowest BCUT2D eigenvalue weighted by Crippen LogP contribution is -2.15. The fourth-order valence-electron chi connectivity index (χ4n) is 1.42. The Bertz CT molecular complexity index is 293. The van der Waals surface area contributed by atoms with Gasteiger partial charge >= 0.3 is 11.9 Å². The third kappa shape index (κ3) is 22.7. The van der Waals surface area contributed by atoms with Gasteiger partial charge in [0, 0.05) is 0 Å². The number of rotatable bonds is 20. The molecule has 0 saturated heterocycles. The van der Waals surface area contributed by atoms with E-state index in [1.54, 1.807) is 0 Å². The van der Waals surface area contributed by atoms with E-state index in [0.29, 0.717) is 59.5 Å². The summed E-state index contributed by atoms with van der Waals surface area (Å²) < 4.78 is 30.8. The smallest absolute Gasteiger partial charge is 0.329 e. The van der Waals surface area contributed by atoms with Crippen LogP contribution in [0.3, 0.4) is 0 Å². The van der Waals surface area contributed by atoms with E-state index in [1.165, 1.54) is 0 Å². The average molecular weight is 368 g/mol. The number of hydrogen-bond acceptors (Lipinski definition) is 8. The highest BCUT2D eigenvalue weighted by Crippen LogP contribution is 1.86. The molecule has 0 aromatic heterocycles. The molecule has 0 aliphatic rings. The molecule has 0 unspecified atom stereocenters. The van der Waals surface area contributed by atoms with Gasteiger partial charge in [0.1, 0.15) is 6.61 Å². The minimum atomic E-state index is -1.00. The fraction of sp³-hybridized carbons (Fsp3) is 0.867. The minimum Gasteiger partial charge on any atom is -0.481 e. The van der Waals surface area contributed by atoms with Gasteiger partial charge in [0.2, 0.25) is 0 Å². The zero-order valence-electron chi connectivity index (χ0n) is 14.4. The van der Waals surface area contributed by atoms with Crippen LogP contribution in [0.4, 0.5) is 0 Å². The molecule has 0 aromatic carbocycles. The van der Waals surface area contributed by atoms with Gasteiger partial charge in [0.25, 0.3) is 0 Å². The van der Waals surface area contributed by atoms with Crippen molar-refractivity contribution in [3.05, 3.63) is 0 Å². The third-order valence-corrected chi connectivity index (χ3v) is 2.55. The topological polar surface area (TPSA) is 130 Å². The summed E-state index contributed by atoms with van der Waals surface area (Å²) >= 11 is 0. The van der Waals surface area contributed by atoms with Crippen LogP contribution in [0.1, 0.15) is 6.42 Å². The number of aliphatic carboxylic acids is 2. The quantitative estimate of drug-likeness (QED) is 0.275. The second-order valence-electron chi connectivity index (χ2n) is 4.65. The van der Waals surface area contributed by atoms with E-state index < -0.39 is 11.9 Å². The number of carbonyl (C=O) groups is 2. The summed E-state index contributed by atoms with van der Waals surface area (Å²) in [5.74, 6) is -1.88. The molecular formula is C15H28O10. The van der Waals surface area contributed by atoms with Crippen LogP contribution < -0.4 is 0 Å². The van der Waals surface area contributed by atoms with Crippen LogP contribution in [-0.2, 0) is 38.0 Å². The predicted octanol–water partition coefficient (Wildman–Crippen LogP) is -0.355. The average Bonchev–Trinajstić information content (AvgIpc) is 2.56. The molecule has 0 aromatic rings. The second-order valence-corrected chi connectivity index (χ2v) is 4.65. The molecular weight excluding hydrogens is 340 g/mol. The van der Waals surface area contributed by atoms with Crippen LogP contribution in [0.2, 0.25) is 0 Å². The van der Waals surface area contributed by atoms with Crippen molar-refractivity contribution in [2.75, 3.05) is 79.3 Å². The van der Waals surface area contributed by atoms with Crippen molar-refractivity contribution in [2.45, 2.75) is 6.42 Å². The lowest BCUT2D eigenvalue weighted by molar-refractivity contribution is -0.143. The molecule has 0 atom stereocenters. The van der Waals surface area contributed by atoms with E-state index in [9.17, 15) is 9.59 Å². The van der Waals surface area contributed by atoms with Crippen LogP contribution in [0.15, 0.2) is 0 Å². The van der Waals surface area contributed by atoms with Gasteiger partial charge in [0.15, 0.2) is 0 Å². The van der Waals surface area contributed by atoms with Crippen molar-refractivity contribution in [1.29, 1.82) is 0 Å². The normalized spacial score (nSPS) is 10.9. The van der Waals surface area contributed by atoms with Crippen molar-refractivity contribution in [3.8, 4) is 0 Å². The van der Waals surface area contributed by atoms with E-state index in [2.05, 4.69) is 0 Å². The predicted molar refractivity (Wildman–Crippen MR) is 84.8 cm³/mol. The van der Waals surface area contributed by atoms with E-state index in [-0.39, 0.29) is 26.2 Å². The summed E-state index contributed by atoms with van der Waals surface area (Å²) in [6.45, 7) is 3.77. The summed E-state index contributed by atoms with van der Waals surface area (Å²) in [4.78, 5) is 20.4. The zero-order chi connectivity index (χ0) is 18.6. The number of carboxylic acids is 2. The molecule has 25 heavy (non-hydrogen) atoms. The van der Waals surface area contributed by atoms with Gasteiger partial charge in [-0.1, -0.05) is 0 Å². The maximum absolute atomic E-state index is 10.2. The van der Waals surface area contributed by atoms with Crippen LogP contribution in [-0.4, -0.2) is 101 Å². The summed E-state index contributed by atoms with van der Waals surface area (Å²) in [6, 6.07) is 0. The van der Waals surface area contributed by atoms with Crippen molar-refractivity contribution in [3.63, 3.8) is 0 Å². The Morgan fingerprint density at radius 2 is 0.800 bits per heavy atom. The highest BCUT2D eigenvalue weighted by atomic mass is 16.6. The highest BCUT2D eigenvalue weighted by molar-refractivity contribution is 5.68. The first-order chi connectivity index (χ1) is 12.1. The van der Waals surface area contributed by atoms with Gasteiger partial charge in [-0.05, 0) is 0 Å². The largest absolute Gasteiger partial charge is 0.481 e. The molecule has 148 valence electrons. The fourth-order valence-corrected chi connectivity index (χ4v) is 1.42. The molecule has 0 bridgehead atoms. The Hall–Kier alpha value is -1.30. The highest BCUT2D eigenvalue weighted by Gasteiger charge is 1.97. The standard InChI is InChI=1S/C15H28O10/c16-14(17)1-2-20-3-4-21-5-6-22-7-8-23-9-10-24-11-12-25-13-15(18)19/h1-13H2,(H,16,17)(H,18,19). The van der Waals surface area contributed by atoms with Crippen LogP contribution in [0.5, 0.6) is 0 Å². The third-order valence-electron chi connectivity index (χ3n) is 2.55. The van der Waals surface area contributed by atoms with Gasteiger partial charge < -0.3 is 38.6 Å². The van der Waals surface area contributed by atoms with Gasteiger partial charge in [0.05, 0.1) is 79.1 Å². The number of ether oxygens (including phenoxy) is 6. The molecule has 0 fully saturated rings. The SMILES string of the molecule is O=C(O)CCOCCOCCOCCOCCOCCOCC(=O)O. The van der Waals surface area contributed by atoms with Crippen molar-refractivity contribution >= 4 is 11.9 Å². The van der Waals surface area contributed by atoms with E-state index in [1.807, 2.05) is 0 Å². The van der Waals surface area contributed by atoms with Crippen LogP contribution >= 0.6 is 0 Å². The molecule has 0 aliphatic heterocycles. The summed E-state index contributed by atoms with van der Waals surface area (Å²) in [6.07, 6.45) is -0.00729. The van der Waals surface area contributed by atoms with Crippen molar-refractivity contribution in [1.82, 2.24) is 0 Å². The molecule has 0 radical (unpaired) electrons. The Morgan fingerprint density at radius 3 is 1.12 bits per heavy atom. The van der Waals surface area contributed by atoms with Gasteiger partial charge in [-0.25, -0.2) is 4.79 Å². The molecule has 10 heteroatoms. The van der Waals surface area contributed by atoms with Crippen LogP contribution in [0.25, 0.3) is 0 Å². The Kier molecular flexibility index (Phi) is 18.0. The van der Waals surface area contributed by atoms with Crippen LogP contribution in [0, 0.1) is 0 Å². The second kappa shape index (κ2) is 19.0. The van der Waals surface area contributed by atoms with Gasteiger partial charge in [-0.15, -0.1) is 0 Å². The molecule has 2 N–H and O–H groups in total. The first kappa shape index (κ1) is 23.7. The van der Waals surface area contributed by atoms with E-state index in [0.717, 1.165) is 0 Å². The molecule has 0 heterocycles. The zero-order valence-corrected chi connectivity index (χ0v) is 14.4. The lowest BCUT2D eigenvalue weighted by Gasteiger charge is -2.07. The maximum atomic E-state index is 10.2. The molecule has 0 saturated carbocycles. The Morgan fingerprint density at radius 1 is 0.480 bits per heavy atom. The Labute approximate surface area is 146 Å². The summed E-state index contributed by atoms with van der Waals surface area (Å²) in [5, 5.41) is 16.7. The minimum absolute atomic E-state index is 0.00729.